The summed E-state index contributed by atoms with van der Waals surface area (Å²) in [6, 6.07) is 8.76. The van der Waals surface area contributed by atoms with Gasteiger partial charge < -0.3 is 113 Å². The number of phenolic OH excluding ortho intramolecular Hbond substituents is 4. The fourth-order valence-electron chi connectivity index (χ4n) is 7.71. The van der Waals surface area contributed by atoms with Gasteiger partial charge in [-0.1, -0.05) is 6.07 Å². The topological polar surface area (TPSA) is 382 Å². The number of phenols is 4. The molecular weight excluding hydrogens is 928 g/mol. The van der Waals surface area contributed by atoms with Crippen LogP contribution < -0.4 is 24.4 Å². The molecule has 0 radical (unpaired) electrons. The van der Waals surface area contributed by atoms with Crippen LogP contribution in [0, 0.1) is 0 Å². The van der Waals surface area contributed by atoms with Crippen LogP contribution in [0.15, 0.2) is 57.8 Å². The summed E-state index contributed by atoms with van der Waals surface area (Å²) in [7, 11) is 3.63. The lowest BCUT2D eigenvalue weighted by atomic mass is 9.97. The lowest BCUT2D eigenvalue weighted by Gasteiger charge is -2.44. The minimum Gasteiger partial charge on any atom is -0.504 e. The maximum atomic E-state index is 14.6. The molecule has 0 aliphatic carbocycles. The highest BCUT2D eigenvalue weighted by molar-refractivity contribution is 5.91. The average molecular weight is 979 g/mol. The second kappa shape index (κ2) is 20.9. The Morgan fingerprint density at radius 2 is 1.42 bits per heavy atom. The van der Waals surface area contributed by atoms with E-state index in [4.69, 9.17) is 51.8 Å². The summed E-state index contributed by atoms with van der Waals surface area (Å²) in [6.45, 7) is -3.43. The van der Waals surface area contributed by atoms with Crippen LogP contribution >= 0.6 is 0 Å². The summed E-state index contributed by atoms with van der Waals surface area (Å²) in [5, 5.41) is 128. The number of carbonyl (C=O) groups excluding carboxylic acids is 1. The third-order valence-corrected chi connectivity index (χ3v) is 11.6. The lowest BCUT2D eigenvalue weighted by molar-refractivity contribution is -0.338. The maximum Gasteiger partial charge on any atom is 0.331 e. The van der Waals surface area contributed by atoms with Crippen molar-refractivity contribution in [1.82, 2.24) is 0 Å². The third kappa shape index (κ3) is 10.0. The molecule has 376 valence electrons. The highest BCUT2D eigenvalue weighted by Gasteiger charge is 2.55. The Morgan fingerprint density at radius 1 is 0.768 bits per heavy atom. The molecule has 4 heterocycles. The maximum absolute atomic E-state index is 14.6. The molecule has 0 bridgehead atoms. The minimum atomic E-state index is -2.26. The van der Waals surface area contributed by atoms with Crippen molar-refractivity contribution in [3.05, 3.63) is 64.3 Å². The number of carbonyl (C=O) groups is 1. The van der Waals surface area contributed by atoms with E-state index in [1.807, 2.05) is 0 Å². The molecule has 25 heteroatoms. The van der Waals surface area contributed by atoms with E-state index in [0.29, 0.717) is 5.56 Å². The average Bonchev–Trinajstić information content (AvgIpc) is 3.62. The van der Waals surface area contributed by atoms with Crippen LogP contribution in [0.5, 0.6) is 46.0 Å². The van der Waals surface area contributed by atoms with Gasteiger partial charge in [-0.15, -0.1) is 0 Å². The summed E-state index contributed by atoms with van der Waals surface area (Å²) in [6.07, 6.45) is -20.8. The molecule has 0 amide bonds. The van der Waals surface area contributed by atoms with E-state index in [2.05, 4.69) is 0 Å². The second-order valence-electron chi connectivity index (χ2n) is 16.0. The number of hydrogen-bond donors (Lipinski definition) is 12. The van der Waals surface area contributed by atoms with Gasteiger partial charge in [0, 0.05) is 17.7 Å². The molecule has 3 aliphatic rings. The van der Waals surface area contributed by atoms with Crippen molar-refractivity contribution in [1.29, 1.82) is 0 Å². The predicted octanol–water partition coefficient (Wildman–Crippen LogP) is -1.96. The molecule has 0 spiro atoms. The van der Waals surface area contributed by atoms with Crippen molar-refractivity contribution < 1.29 is 118 Å². The Labute approximate surface area is 389 Å². The summed E-state index contributed by atoms with van der Waals surface area (Å²) in [5.74, 6) is -5.03. The number of rotatable bonds is 16. The summed E-state index contributed by atoms with van der Waals surface area (Å²) < 4.78 is 61.8. The molecule has 69 heavy (non-hydrogen) atoms. The zero-order valence-corrected chi connectivity index (χ0v) is 36.6. The van der Waals surface area contributed by atoms with Gasteiger partial charge in [-0.05, 0) is 42.0 Å². The number of benzene rings is 3. The highest BCUT2D eigenvalue weighted by atomic mass is 16.8. The molecule has 3 saturated heterocycles. The third-order valence-electron chi connectivity index (χ3n) is 11.6. The Kier molecular flexibility index (Phi) is 15.4. The van der Waals surface area contributed by atoms with E-state index in [-0.39, 0.29) is 28.6 Å². The molecule has 25 nitrogen and oxygen atoms in total. The summed E-state index contributed by atoms with van der Waals surface area (Å²) in [4.78, 5) is 27.6. The molecule has 4 aromatic rings. The van der Waals surface area contributed by atoms with Crippen LogP contribution in [0.1, 0.15) is 5.56 Å². The number of ether oxygens (including phenoxy) is 10. The first kappa shape index (κ1) is 50.8. The number of esters is 1. The Hall–Kier alpha value is -6.04. The first-order valence-corrected chi connectivity index (χ1v) is 20.8. The molecule has 13 atom stereocenters. The SMILES string of the molecule is COc1cc(C=CC(=O)O[C@H]2[C@H](OC[C@H]3O[C@@H](Oc4c(-c5ccc(O)c(OC)c5)oc5cc(O)c(OC)c(O)c5c4=O)[C@H](O[C@@H]4OC[C@](O)(CO)[C@H]4O)[C@@H](O)[C@@H]3O)O[C@H](CO)[C@@H](O)[C@@H]2O)ccc1O. The van der Waals surface area contributed by atoms with Crippen LogP contribution in [0.3, 0.4) is 0 Å². The fraction of sp³-hybridized carbons (Fsp3) is 0.455. The van der Waals surface area contributed by atoms with E-state index in [9.17, 15) is 70.9 Å². The van der Waals surface area contributed by atoms with Crippen LogP contribution in [-0.4, -0.2) is 194 Å². The van der Waals surface area contributed by atoms with Gasteiger partial charge in [-0.3, -0.25) is 4.79 Å². The van der Waals surface area contributed by atoms with Crippen molar-refractivity contribution in [2.75, 3.05) is 47.8 Å². The molecule has 7 rings (SSSR count). The number of methoxy groups -OCH3 is 3. The van der Waals surface area contributed by atoms with Crippen LogP contribution in [0.2, 0.25) is 0 Å². The highest BCUT2D eigenvalue weighted by Crippen LogP contribution is 2.45. The van der Waals surface area contributed by atoms with Gasteiger partial charge in [0.1, 0.15) is 59.3 Å². The Bertz CT molecular complexity index is 2560. The Morgan fingerprint density at radius 3 is 2.07 bits per heavy atom. The van der Waals surface area contributed by atoms with Gasteiger partial charge in [0.2, 0.25) is 23.2 Å². The van der Waals surface area contributed by atoms with Crippen molar-refractivity contribution in [3.63, 3.8) is 0 Å². The standard InChI is InChI=1S/C44H50O25/c1-59-22-10-17(4-7-19(22)47)5-9-27(50)67-38-33(55)29(51)25(13-45)65-41(38)62-14-26-30(52)34(56)39(69-43-40(57)44(58,15-46)16-63-43)42(66-26)68-37-32(54)28-24(12-21(49)36(61-3)31(28)53)64-35(37)18-6-8-20(48)23(11-18)60-2/h4-12,25-26,29-30,33-34,38-43,45-49,51-53,55-58H,13-16H2,1-3H3/t25-,26-,29-,30-,33+,34+,38-,39-,40+,41-,42+,43+,44-/m1/s1. The van der Waals surface area contributed by atoms with E-state index in [1.165, 1.54) is 56.7 Å². The van der Waals surface area contributed by atoms with E-state index < -0.39 is 157 Å². The van der Waals surface area contributed by atoms with Gasteiger partial charge in [0.15, 0.2) is 65.0 Å². The zero-order valence-electron chi connectivity index (χ0n) is 36.6. The smallest absolute Gasteiger partial charge is 0.331 e. The van der Waals surface area contributed by atoms with Gasteiger partial charge >= 0.3 is 5.97 Å². The van der Waals surface area contributed by atoms with Gasteiger partial charge in [-0.25, -0.2) is 4.79 Å². The van der Waals surface area contributed by atoms with Gasteiger partial charge in [0.05, 0.1) is 47.8 Å². The van der Waals surface area contributed by atoms with Crippen LogP contribution in [0.4, 0.5) is 0 Å². The molecule has 3 fully saturated rings. The number of aliphatic hydroxyl groups is 8. The molecule has 0 saturated carbocycles. The fourth-order valence-corrected chi connectivity index (χ4v) is 7.71. The quantitative estimate of drug-likeness (QED) is 0.0428. The first-order valence-electron chi connectivity index (χ1n) is 20.8. The minimum absolute atomic E-state index is 0.0309. The van der Waals surface area contributed by atoms with Crippen molar-refractivity contribution in [3.8, 4) is 57.3 Å². The molecule has 3 aromatic carbocycles. The van der Waals surface area contributed by atoms with Gasteiger partial charge in [0.25, 0.3) is 0 Å². The monoisotopic (exact) mass is 978 g/mol. The number of fused-ring (bicyclic) bond motifs is 1. The lowest BCUT2D eigenvalue weighted by Crippen LogP contribution is -2.64. The van der Waals surface area contributed by atoms with Crippen molar-refractivity contribution in [2.24, 2.45) is 0 Å². The summed E-state index contributed by atoms with van der Waals surface area (Å²) in [5.41, 5.74) is -3.50. The molecule has 3 aliphatic heterocycles. The number of aromatic hydroxyl groups is 4. The summed E-state index contributed by atoms with van der Waals surface area (Å²) >= 11 is 0. The van der Waals surface area contributed by atoms with E-state index >= 15 is 0 Å². The first-order chi connectivity index (χ1) is 32.9. The van der Waals surface area contributed by atoms with Crippen molar-refractivity contribution >= 4 is 23.0 Å². The van der Waals surface area contributed by atoms with Crippen molar-refractivity contribution in [2.45, 2.75) is 79.4 Å². The van der Waals surface area contributed by atoms with E-state index in [1.54, 1.807) is 0 Å². The molecule has 12 N–H and O–H groups in total. The second-order valence-corrected chi connectivity index (χ2v) is 16.0. The molecule has 0 unspecified atom stereocenters. The molecular formula is C44H50O25. The normalized spacial score (nSPS) is 30.4. The van der Waals surface area contributed by atoms with Gasteiger partial charge in [-0.2, -0.15) is 0 Å². The zero-order chi connectivity index (χ0) is 50.1. The number of aliphatic hydroxyl groups excluding tert-OH is 7. The predicted molar refractivity (Wildman–Crippen MR) is 227 cm³/mol. The van der Waals surface area contributed by atoms with Crippen LogP contribution in [-0.2, 0) is 33.2 Å². The van der Waals surface area contributed by atoms with Crippen LogP contribution in [0.25, 0.3) is 28.4 Å². The largest absolute Gasteiger partial charge is 0.504 e. The Balaban J connectivity index is 1.24. The molecule has 1 aromatic heterocycles. The van der Waals surface area contributed by atoms with E-state index in [0.717, 1.165) is 19.3 Å². The number of hydrogen-bond acceptors (Lipinski definition) is 25.